The van der Waals surface area contributed by atoms with Gasteiger partial charge in [-0.2, -0.15) is 13.2 Å². The van der Waals surface area contributed by atoms with Gasteiger partial charge in [0.15, 0.2) is 0 Å². The van der Waals surface area contributed by atoms with Gasteiger partial charge in [0.1, 0.15) is 11.3 Å². The molecule has 0 aliphatic carbocycles. The van der Waals surface area contributed by atoms with Gasteiger partial charge in [0.05, 0.1) is 18.6 Å². The quantitative estimate of drug-likeness (QED) is 0.322. The molecule has 0 aliphatic heterocycles. The first-order chi connectivity index (χ1) is 12.7. The van der Waals surface area contributed by atoms with Gasteiger partial charge in [-0.05, 0) is 23.8 Å². The highest BCUT2D eigenvalue weighted by molar-refractivity contribution is 5.64. The van der Waals surface area contributed by atoms with Gasteiger partial charge >= 0.3 is 12.3 Å². The van der Waals surface area contributed by atoms with Crippen LogP contribution in [0.15, 0.2) is 36.5 Å². The van der Waals surface area contributed by atoms with Crippen molar-refractivity contribution in [3.63, 3.8) is 0 Å². The third-order valence-corrected chi connectivity index (χ3v) is 3.27. The Labute approximate surface area is 150 Å². The zero-order valence-corrected chi connectivity index (χ0v) is 13.9. The van der Waals surface area contributed by atoms with Crippen LogP contribution in [0.4, 0.5) is 23.7 Å². The maximum atomic E-state index is 12.9. The molecule has 0 atom stereocenters. The van der Waals surface area contributed by atoms with Gasteiger partial charge in [0.2, 0.25) is 5.88 Å². The molecule has 11 heteroatoms. The highest BCUT2D eigenvalue weighted by Crippen LogP contribution is 2.35. The van der Waals surface area contributed by atoms with Gasteiger partial charge in [-0.1, -0.05) is 0 Å². The van der Waals surface area contributed by atoms with E-state index in [9.17, 15) is 28.1 Å². The molecule has 0 N–H and O–H groups in total. The summed E-state index contributed by atoms with van der Waals surface area (Å²) in [6.45, 7) is -0.253. The van der Waals surface area contributed by atoms with Crippen LogP contribution >= 0.6 is 0 Å². The molecule has 8 nitrogen and oxygen atoms in total. The number of rotatable bonds is 6. The monoisotopic (exact) mass is 386 g/mol. The van der Waals surface area contributed by atoms with E-state index in [0.717, 1.165) is 25.3 Å². The second-order valence-electron chi connectivity index (χ2n) is 5.10. The van der Waals surface area contributed by atoms with Crippen molar-refractivity contribution in [3.8, 4) is 11.6 Å². The third-order valence-electron chi connectivity index (χ3n) is 3.27. The molecule has 0 unspecified atom stereocenters. The fourth-order valence-electron chi connectivity index (χ4n) is 2.01. The van der Waals surface area contributed by atoms with Crippen molar-refractivity contribution in [2.45, 2.75) is 12.6 Å². The first-order valence-corrected chi connectivity index (χ1v) is 7.40. The summed E-state index contributed by atoms with van der Waals surface area (Å²) in [4.78, 5) is 25.1. The lowest BCUT2D eigenvalue weighted by Gasteiger charge is -2.12. The number of alkyl halides is 3. The Morgan fingerprint density at radius 1 is 1.26 bits per heavy atom. The third kappa shape index (κ3) is 5.56. The van der Waals surface area contributed by atoms with E-state index in [0.29, 0.717) is 0 Å². The van der Waals surface area contributed by atoms with E-state index < -0.39 is 28.7 Å². The van der Waals surface area contributed by atoms with E-state index >= 15 is 0 Å². The van der Waals surface area contributed by atoms with Crippen LogP contribution in [0.5, 0.6) is 11.6 Å². The molecule has 0 aliphatic rings. The molecule has 0 bridgehead atoms. The minimum atomic E-state index is -4.63. The molecule has 0 fully saturated rings. The molecule has 0 saturated heterocycles. The van der Waals surface area contributed by atoms with Crippen LogP contribution in [0.25, 0.3) is 0 Å². The first-order valence-electron chi connectivity index (χ1n) is 7.40. The zero-order valence-electron chi connectivity index (χ0n) is 13.9. The Bertz CT molecular complexity index is 824. The predicted molar refractivity (Wildman–Crippen MR) is 84.6 cm³/mol. The van der Waals surface area contributed by atoms with Gasteiger partial charge < -0.3 is 14.2 Å². The molecule has 1 heterocycles. The normalized spacial score (nSPS) is 11.0. The number of aromatic nitrogens is 1. The van der Waals surface area contributed by atoms with Crippen molar-refractivity contribution in [1.82, 2.24) is 4.98 Å². The molecule has 0 amide bonds. The van der Waals surface area contributed by atoms with Crippen molar-refractivity contribution in [3.05, 3.63) is 57.8 Å². The van der Waals surface area contributed by atoms with E-state index in [4.69, 9.17) is 9.47 Å². The number of nitro groups is 1. The molecule has 0 saturated carbocycles. The molecule has 2 aromatic rings. The number of methoxy groups -OCH3 is 1. The molecule has 27 heavy (non-hydrogen) atoms. The second-order valence-corrected chi connectivity index (χ2v) is 5.10. The lowest BCUT2D eigenvalue weighted by atomic mass is 10.1. The van der Waals surface area contributed by atoms with Crippen LogP contribution in [0, 0.1) is 10.1 Å². The van der Waals surface area contributed by atoms with Crippen molar-refractivity contribution < 1.29 is 37.1 Å². The van der Waals surface area contributed by atoms with E-state index in [1.165, 1.54) is 18.3 Å². The topological polar surface area (TPSA) is 101 Å². The standard InChI is InChI=1S/C16H13F3N2O6/c1-25-14-13(16(17,18)19)8-10(9-20-14)6-7-26-15(22)27-12-4-2-11(3-5-12)21(23)24/h2-5,8-9H,6-7H2,1H3. The highest BCUT2D eigenvalue weighted by atomic mass is 19.4. The van der Waals surface area contributed by atoms with E-state index in [1.54, 1.807) is 0 Å². The maximum Gasteiger partial charge on any atom is 0.513 e. The fourth-order valence-corrected chi connectivity index (χ4v) is 2.01. The number of nitrogens with zero attached hydrogens (tertiary/aromatic N) is 2. The number of hydrogen-bond donors (Lipinski definition) is 0. The van der Waals surface area contributed by atoms with Gasteiger partial charge in [-0.25, -0.2) is 9.78 Å². The van der Waals surface area contributed by atoms with Crippen LogP contribution in [-0.2, 0) is 17.3 Å². The molecule has 1 aromatic heterocycles. The number of halogens is 3. The molecule has 0 radical (unpaired) electrons. The number of carbonyl (C=O) groups is 1. The summed E-state index contributed by atoms with van der Waals surface area (Å²) in [6.07, 6.45) is -4.58. The fraction of sp³-hybridized carbons (Fsp3) is 0.250. The maximum absolute atomic E-state index is 12.9. The molecular formula is C16H13F3N2O6. The Hall–Kier alpha value is -3.37. The van der Waals surface area contributed by atoms with Crippen LogP contribution in [0.2, 0.25) is 0 Å². The summed E-state index contributed by atoms with van der Waals surface area (Å²) < 4.78 is 52.9. The summed E-state index contributed by atoms with van der Waals surface area (Å²) in [7, 11) is 1.08. The number of nitro benzene ring substituents is 1. The highest BCUT2D eigenvalue weighted by Gasteiger charge is 2.35. The Kier molecular flexibility index (Phi) is 6.16. The minimum absolute atomic E-state index is 0.0241. The molecule has 144 valence electrons. The summed E-state index contributed by atoms with van der Waals surface area (Å²) in [5, 5.41) is 10.5. The number of benzene rings is 1. The van der Waals surface area contributed by atoms with Crippen LogP contribution in [0.3, 0.4) is 0 Å². The lowest BCUT2D eigenvalue weighted by Crippen LogP contribution is -2.14. The van der Waals surface area contributed by atoms with Crippen molar-refractivity contribution >= 4 is 11.8 Å². The predicted octanol–water partition coefficient (Wildman–Crippen LogP) is 3.78. The van der Waals surface area contributed by atoms with Crippen LogP contribution < -0.4 is 9.47 Å². The van der Waals surface area contributed by atoms with Crippen LogP contribution in [-0.4, -0.2) is 29.8 Å². The average molecular weight is 386 g/mol. The van der Waals surface area contributed by atoms with E-state index in [-0.39, 0.29) is 30.0 Å². The van der Waals surface area contributed by atoms with Gasteiger partial charge in [-0.15, -0.1) is 0 Å². The Morgan fingerprint density at radius 3 is 2.48 bits per heavy atom. The van der Waals surface area contributed by atoms with Crippen molar-refractivity contribution in [2.24, 2.45) is 0 Å². The molecule has 2 rings (SSSR count). The van der Waals surface area contributed by atoms with Crippen molar-refractivity contribution in [1.29, 1.82) is 0 Å². The van der Waals surface area contributed by atoms with E-state index in [1.807, 2.05) is 0 Å². The van der Waals surface area contributed by atoms with Crippen LogP contribution in [0.1, 0.15) is 11.1 Å². The Balaban J connectivity index is 1.90. The number of non-ortho nitro benzene ring substituents is 1. The number of ether oxygens (including phenoxy) is 3. The van der Waals surface area contributed by atoms with Gasteiger partial charge in [0.25, 0.3) is 5.69 Å². The molecule has 0 spiro atoms. The number of hydrogen-bond acceptors (Lipinski definition) is 7. The van der Waals surface area contributed by atoms with Gasteiger partial charge in [0, 0.05) is 24.8 Å². The van der Waals surface area contributed by atoms with Crippen molar-refractivity contribution in [2.75, 3.05) is 13.7 Å². The van der Waals surface area contributed by atoms with E-state index in [2.05, 4.69) is 9.72 Å². The largest absolute Gasteiger partial charge is 0.513 e. The molecular weight excluding hydrogens is 373 g/mol. The smallest absolute Gasteiger partial charge is 0.481 e. The number of pyridine rings is 1. The summed E-state index contributed by atoms with van der Waals surface area (Å²) >= 11 is 0. The summed E-state index contributed by atoms with van der Waals surface area (Å²) in [5.41, 5.74) is -1.02. The SMILES string of the molecule is COc1ncc(CCOC(=O)Oc2ccc([N+](=O)[O-])cc2)cc1C(F)(F)F. The lowest BCUT2D eigenvalue weighted by molar-refractivity contribution is -0.384. The second kappa shape index (κ2) is 8.34. The Morgan fingerprint density at radius 2 is 1.93 bits per heavy atom. The first kappa shape index (κ1) is 19.9. The van der Waals surface area contributed by atoms with Gasteiger partial charge in [-0.3, -0.25) is 10.1 Å². The number of carbonyl (C=O) groups excluding carboxylic acids is 1. The summed E-state index contributed by atoms with van der Waals surface area (Å²) in [6, 6.07) is 5.57. The summed E-state index contributed by atoms with van der Waals surface area (Å²) in [5.74, 6) is -0.527. The zero-order chi connectivity index (χ0) is 20.0. The minimum Gasteiger partial charge on any atom is -0.481 e. The molecule has 1 aromatic carbocycles. The average Bonchev–Trinajstić information content (AvgIpc) is 2.61.